The van der Waals surface area contributed by atoms with Crippen LogP contribution in [0.2, 0.25) is 0 Å². The summed E-state index contributed by atoms with van der Waals surface area (Å²) in [4.78, 5) is 21.2. The largest absolute Gasteiger partial charge is 0.468 e. The van der Waals surface area contributed by atoms with Gasteiger partial charge in [-0.25, -0.2) is 0 Å². The van der Waals surface area contributed by atoms with Crippen LogP contribution in [0.5, 0.6) is 0 Å². The van der Waals surface area contributed by atoms with Crippen molar-refractivity contribution < 1.29 is 14.3 Å². The lowest BCUT2D eigenvalue weighted by atomic mass is 10.2. The van der Waals surface area contributed by atoms with Crippen molar-refractivity contribution in [2.24, 2.45) is 5.73 Å². The van der Waals surface area contributed by atoms with E-state index in [1.807, 2.05) is 0 Å². The molecule has 0 aliphatic carbocycles. The lowest BCUT2D eigenvalue weighted by molar-refractivity contribution is -0.142. The number of esters is 1. The van der Waals surface area contributed by atoms with Crippen molar-refractivity contribution in [3.63, 3.8) is 0 Å². The van der Waals surface area contributed by atoms with Gasteiger partial charge in [-0.05, 0) is 12.8 Å². The average Bonchev–Trinajstić information content (AvgIpc) is 2.10. The van der Waals surface area contributed by atoms with Crippen molar-refractivity contribution in [1.29, 1.82) is 0 Å². The summed E-state index contributed by atoms with van der Waals surface area (Å²) in [6, 6.07) is -0.584. The third-order valence-corrected chi connectivity index (χ3v) is 1.57. The van der Waals surface area contributed by atoms with E-state index in [-0.39, 0.29) is 5.91 Å². The first-order valence-corrected chi connectivity index (χ1v) is 4.15. The highest BCUT2D eigenvalue weighted by molar-refractivity contribution is 5.75. The molecule has 1 amide bonds. The second kappa shape index (κ2) is 6.42. The minimum absolute atomic E-state index is 0.0772. The Kier molecular flexibility index (Phi) is 5.88. The van der Waals surface area contributed by atoms with Crippen LogP contribution in [0.1, 0.15) is 19.8 Å². The van der Waals surface area contributed by atoms with Gasteiger partial charge in [-0.1, -0.05) is 0 Å². The van der Waals surface area contributed by atoms with E-state index in [0.29, 0.717) is 19.4 Å². The lowest BCUT2D eigenvalue weighted by Gasteiger charge is -2.08. The number of carbonyl (C=O) groups excluding carboxylic acids is 2. The van der Waals surface area contributed by atoms with Crippen LogP contribution in [-0.2, 0) is 14.3 Å². The van der Waals surface area contributed by atoms with Gasteiger partial charge in [-0.3, -0.25) is 9.59 Å². The minimum Gasteiger partial charge on any atom is -0.468 e. The van der Waals surface area contributed by atoms with Crippen molar-refractivity contribution in [2.75, 3.05) is 13.7 Å². The van der Waals surface area contributed by atoms with Gasteiger partial charge >= 0.3 is 5.97 Å². The third kappa shape index (κ3) is 6.10. The lowest BCUT2D eigenvalue weighted by Crippen LogP contribution is -2.32. The second-order valence-electron chi connectivity index (χ2n) is 2.75. The first-order valence-electron chi connectivity index (χ1n) is 4.15. The van der Waals surface area contributed by atoms with E-state index in [9.17, 15) is 9.59 Å². The first kappa shape index (κ1) is 11.9. The van der Waals surface area contributed by atoms with Crippen LogP contribution in [-0.4, -0.2) is 31.6 Å². The number of rotatable bonds is 5. The molecule has 0 bridgehead atoms. The van der Waals surface area contributed by atoms with E-state index in [4.69, 9.17) is 5.73 Å². The summed E-state index contributed by atoms with van der Waals surface area (Å²) < 4.78 is 4.44. The van der Waals surface area contributed by atoms with Gasteiger partial charge in [-0.2, -0.15) is 0 Å². The molecule has 1 atom stereocenters. The molecular weight excluding hydrogens is 172 g/mol. The molecule has 0 aliphatic heterocycles. The van der Waals surface area contributed by atoms with Crippen LogP contribution < -0.4 is 11.1 Å². The summed E-state index contributed by atoms with van der Waals surface area (Å²) in [5, 5.41) is 2.61. The molecule has 0 unspecified atom stereocenters. The fourth-order valence-corrected chi connectivity index (χ4v) is 0.856. The van der Waals surface area contributed by atoms with E-state index in [2.05, 4.69) is 10.1 Å². The Morgan fingerprint density at radius 2 is 2.15 bits per heavy atom. The Bertz CT molecular complexity index is 182. The highest BCUT2D eigenvalue weighted by Crippen LogP contribution is 1.95. The molecule has 0 aromatic rings. The van der Waals surface area contributed by atoms with Gasteiger partial charge in [0.25, 0.3) is 0 Å². The number of methoxy groups -OCH3 is 1. The van der Waals surface area contributed by atoms with Gasteiger partial charge in [0.05, 0.1) is 7.11 Å². The Morgan fingerprint density at radius 3 is 2.62 bits per heavy atom. The normalized spacial score (nSPS) is 11.9. The van der Waals surface area contributed by atoms with Crippen molar-refractivity contribution in [3.05, 3.63) is 0 Å². The summed E-state index contributed by atoms with van der Waals surface area (Å²) in [6.07, 6.45) is 1.20. The second-order valence-corrected chi connectivity index (χ2v) is 2.75. The van der Waals surface area contributed by atoms with Crippen LogP contribution in [0.3, 0.4) is 0 Å². The molecule has 0 rings (SSSR count). The van der Waals surface area contributed by atoms with E-state index in [1.54, 1.807) is 0 Å². The van der Waals surface area contributed by atoms with E-state index in [0.717, 1.165) is 0 Å². The molecule has 0 aliphatic rings. The highest BCUT2D eigenvalue weighted by atomic mass is 16.5. The molecule has 0 saturated carbocycles. The molecule has 0 fully saturated rings. The fourth-order valence-electron chi connectivity index (χ4n) is 0.856. The summed E-state index contributed by atoms with van der Waals surface area (Å²) >= 11 is 0. The molecule has 5 heteroatoms. The van der Waals surface area contributed by atoms with Crippen LogP contribution in [0, 0.1) is 0 Å². The van der Waals surface area contributed by atoms with Crippen molar-refractivity contribution in [2.45, 2.75) is 25.8 Å². The number of nitrogens with one attached hydrogen (secondary N) is 1. The number of hydrogen-bond acceptors (Lipinski definition) is 4. The van der Waals surface area contributed by atoms with Crippen molar-refractivity contribution >= 4 is 11.9 Å². The third-order valence-electron chi connectivity index (χ3n) is 1.57. The fraction of sp³-hybridized carbons (Fsp3) is 0.750. The standard InChI is InChI=1S/C8H16N2O3/c1-6(11)10-5-3-4-7(9)8(12)13-2/h7H,3-5,9H2,1-2H3,(H,10,11)/t7-/m0/s1. The molecular formula is C8H16N2O3. The maximum atomic E-state index is 10.8. The highest BCUT2D eigenvalue weighted by Gasteiger charge is 2.12. The van der Waals surface area contributed by atoms with E-state index >= 15 is 0 Å². The molecule has 0 spiro atoms. The zero-order chi connectivity index (χ0) is 10.3. The van der Waals surface area contributed by atoms with Crippen LogP contribution in [0.15, 0.2) is 0 Å². The molecule has 0 aromatic heterocycles. The SMILES string of the molecule is COC(=O)[C@@H](N)CCCNC(C)=O. The molecule has 0 aromatic carbocycles. The van der Waals surface area contributed by atoms with Gasteiger partial charge in [-0.15, -0.1) is 0 Å². The van der Waals surface area contributed by atoms with E-state index < -0.39 is 12.0 Å². The molecule has 0 radical (unpaired) electrons. The topological polar surface area (TPSA) is 81.4 Å². The maximum absolute atomic E-state index is 10.8. The number of ether oxygens (including phenoxy) is 1. The monoisotopic (exact) mass is 188 g/mol. The number of hydrogen-bond donors (Lipinski definition) is 2. The van der Waals surface area contributed by atoms with Gasteiger partial charge in [0.15, 0.2) is 0 Å². The molecule has 0 saturated heterocycles. The minimum atomic E-state index is -0.584. The van der Waals surface area contributed by atoms with Crippen LogP contribution in [0.25, 0.3) is 0 Å². The van der Waals surface area contributed by atoms with Crippen LogP contribution in [0.4, 0.5) is 0 Å². The van der Waals surface area contributed by atoms with Gasteiger partial charge in [0, 0.05) is 13.5 Å². The van der Waals surface area contributed by atoms with Crippen LogP contribution >= 0.6 is 0 Å². The molecule has 0 heterocycles. The van der Waals surface area contributed by atoms with Crippen molar-refractivity contribution in [1.82, 2.24) is 5.32 Å². The van der Waals surface area contributed by atoms with Gasteiger partial charge < -0.3 is 15.8 Å². The van der Waals surface area contributed by atoms with Gasteiger partial charge in [0.2, 0.25) is 5.91 Å². The Morgan fingerprint density at radius 1 is 1.54 bits per heavy atom. The summed E-state index contributed by atoms with van der Waals surface area (Å²) in [7, 11) is 1.30. The number of nitrogens with two attached hydrogens (primary N) is 1. The zero-order valence-electron chi connectivity index (χ0n) is 8.00. The predicted octanol–water partition coefficient (Wildman–Crippen LogP) is -0.597. The maximum Gasteiger partial charge on any atom is 0.322 e. The quantitative estimate of drug-likeness (QED) is 0.446. The summed E-state index contributed by atoms with van der Waals surface area (Å²) in [5.41, 5.74) is 5.46. The van der Waals surface area contributed by atoms with Gasteiger partial charge in [0.1, 0.15) is 6.04 Å². The number of amides is 1. The average molecular weight is 188 g/mol. The van der Waals surface area contributed by atoms with Crippen molar-refractivity contribution in [3.8, 4) is 0 Å². The van der Waals surface area contributed by atoms with E-state index in [1.165, 1.54) is 14.0 Å². The Hall–Kier alpha value is -1.10. The summed E-state index contributed by atoms with van der Waals surface area (Å²) in [5.74, 6) is -0.491. The Labute approximate surface area is 77.6 Å². The first-order chi connectivity index (χ1) is 6.07. The number of carbonyl (C=O) groups is 2. The molecule has 13 heavy (non-hydrogen) atoms. The predicted molar refractivity (Wildman–Crippen MR) is 47.9 cm³/mol. The zero-order valence-corrected chi connectivity index (χ0v) is 8.00. The smallest absolute Gasteiger partial charge is 0.322 e. The molecule has 3 N–H and O–H groups in total. The molecule has 5 nitrogen and oxygen atoms in total. The summed E-state index contributed by atoms with van der Waals surface area (Å²) in [6.45, 7) is 1.99. The Balaban J connectivity index is 3.42. The molecule has 76 valence electrons.